The zero-order chi connectivity index (χ0) is 12.3. The van der Waals surface area contributed by atoms with Crippen molar-refractivity contribution in [1.82, 2.24) is 14.9 Å². The van der Waals surface area contributed by atoms with E-state index in [4.69, 9.17) is 0 Å². The average Bonchev–Trinajstić information content (AvgIpc) is 2.67. The highest BCUT2D eigenvalue weighted by Crippen LogP contribution is 2.06. The SMILES string of the molecule is CC(C(=O)N(C)C)S(=O)(=O)NC1CCNC1.Cl. The first-order chi connectivity index (χ1) is 7.34. The molecule has 1 amide bonds. The van der Waals surface area contributed by atoms with Crippen LogP contribution in [0.3, 0.4) is 0 Å². The van der Waals surface area contributed by atoms with Gasteiger partial charge in [0, 0.05) is 26.7 Å². The van der Waals surface area contributed by atoms with Crippen LogP contribution in [0.25, 0.3) is 0 Å². The summed E-state index contributed by atoms with van der Waals surface area (Å²) in [5, 5.41) is 2.02. The summed E-state index contributed by atoms with van der Waals surface area (Å²) in [7, 11) is -0.475. The van der Waals surface area contributed by atoms with E-state index in [1.54, 1.807) is 14.1 Å². The average molecular weight is 286 g/mol. The Balaban J connectivity index is 0.00000256. The Morgan fingerprint density at radius 1 is 1.47 bits per heavy atom. The third kappa shape index (κ3) is 4.42. The second-order valence-electron chi connectivity index (χ2n) is 4.23. The lowest BCUT2D eigenvalue weighted by Gasteiger charge is -2.19. The molecule has 0 bridgehead atoms. The van der Waals surface area contributed by atoms with Crippen molar-refractivity contribution >= 4 is 28.3 Å². The molecular weight excluding hydrogens is 266 g/mol. The molecule has 0 radical (unpaired) electrons. The van der Waals surface area contributed by atoms with Gasteiger partial charge in [-0.3, -0.25) is 4.79 Å². The zero-order valence-electron chi connectivity index (χ0n) is 10.3. The Labute approximate surface area is 109 Å². The molecule has 102 valence electrons. The van der Waals surface area contributed by atoms with Crippen molar-refractivity contribution in [2.45, 2.75) is 24.6 Å². The summed E-state index contributed by atoms with van der Waals surface area (Å²) >= 11 is 0. The smallest absolute Gasteiger partial charge is 0.241 e. The first kappa shape index (κ1) is 16.6. The molecule has 1 heterocycles. The predicted octanol–water partition coefficient (Wildman–Crippen LogP) is -0.834. The van der Waals surface area contributed by atoms with E-state index in [1.807, 2.05) is 0 Å². The summed E-state index contributed by atoms with van der Waals surface area (Å²) in [5.74, 6) is -0.404. The van der Waals surface area contributed by atoms with Crippen LogP contribution in [-0.4, -0.2) is 57.7 Å². The van der Waals surface area contributed by atoms with Crippen molar-refractivity contribution in [1.29, 1.82) is 0 Å². The van der Waals surface area contributed by atoms with Gasteiger partial charge in [0.2, 0.25) is 15.9 Å². The van der Waals surface area contributed by atoms with Crippen LogP contribution in [0, 0.1) is 0 Å². The van der Waals surface area contributed by atoms with Crippen LogP contribution >= 0.6 is 12.4 Å². The number of carbonyl (C=O) groups excluding carboxylic acids is 1. The van der Waals surface area contributed by atoms with Crippen LogP contribution in [0.2, 0.25) is 0 Å². The molecule has 0 aromatic carbocycles. The lowest BCUT2D eigenvalue weighted by atomic mass is 10.3. The molecule has 0 aliphatic carbocycles. The van der Waals surface area contributed by atoms with Crippen molar-refractivity contribution in [3.63, 3.8) is 0 Å². The van der Waals surface area contributed by atoms with Gasteiger partial charge in [-0.15, -0.1) is 12.4 Å². The Morgan fingerprint density at radius 2 is 2.06 bits per heavy atom. The van der Waals surface area contributed by atoms with Crippen LogP contribution < -0.4 is 10.0 Å². The monoisotopic (exact) mass is 285 g/mol. The molecule has 6 nitrogen and oxygen atoms in total. The number of rotatable bonds is 4. The minimum absolute atomic E-state index is 0. The van der Waals surface area contributed by atoms with Crippen LogP contribution in [-0.2, 0) is 14.8 Å². The van der Waals surface area contributed by atoms with Crippen molar-refractivity contribution in [2.24, 2.45) is 0 Å². The summed E-state index contributed by atoms with van der Waals surface area (Å²) in [6.07, 6.45) is 0.766. The first-order valence-electron chi connectivity index (χ1n) is 5.27. The van der Waals surface area contributed by atoms with Crippen molar-refractivity contribution < 1.29 is 13.2 Å². The largest absolute Gasteiger partial charge is 0.348 e. The molecule has 1 rings (SSSR count). The van der Waals surface area contributed by atoms with E-state index in [2.05, 4.69) is 10.0 Å². The lowest BCUT2D eigenvalue weighted by molar-refractivity contribution is -0.127. The van der Waals surface area contributed by atoms with Gasteiger partial charge in [0.25, 0.3) is 0 Å². The third-order valence-corrected chi connectivity index (χ3v) is 4.44. The van der Waals surface area contributed by atoms with E-state index in [0.717, 1.165) is 13.0 Å². The predicted molar refractivity (Wildman–Crippen MR) is 68.7 cm³/mol. The number of nitrogens with zero attached hydrogens (tertiary/aromatic N) is 1. The summed E-state index contributed by atoms with van der Waals surface area (Å²) in [6.45, 7) is 2.85. The molecule has 1 fully saturated rings. The fourth-order valence-electron chi connectivity index (χ4n) is 1.59. The van der Waals surface area contributed by atoms with Gasteiger partial charge in [0.05, 0.1) is 0 Å². The number of hydrogen-bond acceptors (Lipinski definition) is 4. The first-order valence-corrected chi connectivity index (χ1v) is 6.82. The highest BCUT2D eigenvalue weighted by Gasteiger charge is 2.31. The van der Waals surface area contributed by atoms with Crippen LogP contribution in [0.1, 0.15) is 13.3 Å². The Hall–Kier alpha value is -0.370. The number of hydrogen-bond donors (Lipinski definition) is 2. The molecule has 2 atom stereocenters. The lowest BCUT2D eigenvalue weighted by Crippen LogP contribution is -2.46. The van der Waals surface area contributed by atoms with Crippen LogP contribution in [0.15, 0.2) is 0 Å². The molecule has 1 aliphatic rings. The van der Waals surface area contributed by atoms with Crippen molar-refractivity contribution in [2.75, 3.05) is 27.2 Å². The van der Waals surface area contributed by atoms with E-state index in [9.17, 15) is 13.2 Å². The van der Waals surface area contributed by atoms with Gasteiger partial charge in [-0.25, -0.2) is 13.1 Å². The molecule has 2 N–H and O–H groups in total. The standard InChI is InChI=1S/C9H19N3O3S.ClH/c1-7(9(13)12(2)3)16(14,15)11-8-4-5-10-6-8;/h7-8,10-11H,4-6H2,1-3H3;1H. The minimum Gasteiger partial charge on any atom is -0.348 e. The molecule has 0 saturated carbocycles. The second kappa shape index (κ2) is 6.53. The van der Waals surface area contributed by atoms with Gasteiger partial charge in [-0.05, 0) is 19.9 Å². The Morgan fingerprint density at radius 3 is 2.47 bits per heavy atom. The topological polar surface area (TPSA) is 78.5 Å². The van der Waals surface area contributed by atoms with Crippen LogP contribution in [0.5, 0.6) is 0 Å². The molecule has 1 saturated heterocycles. The normalized spacial score (nSPS) is 21.7. The van der Waals surface area contributed by atoms with Gasteiger partial charge >= 0.3 is 0 Å². The fraction of sp³-hybridized carbons (Fsp3) is 0.889. The Bertz CT molecular complexity index is 352. The third-order valence-electron chi connectivity index (χ3n) is 2.65. The maximum atomic E-state index is 11.8. The summed E-state index contributed by atoms with van der Waals surface area (Å²) in [6, 6.07) is -0.0950. The van der Waals surface area contributed by atoms with E-state index < -0.39 is 21.2 Å². The van der Waals surface area contributed by atoms with Gasteiger partial charge in [-0.1, -0.05) is 0 Å². The molecule has 0 aromatic heterocycles. The highest BCUT2D eigenvalue weighted by molar-refractivity contribution is 7.90. The van der Waals surface area contributed by atoms with Gasteiger partial charge in [0.15, 0.2) is 5.25 Å². The maximum absolute atomic E-state index is 11.8. The van der Waals surface area contributed by atoms with Gasteiger partial charge in [0.1, 0.15) is 0 Å². The molecule has 2 unspecified atom stereocenters. The quantitative estimate of drug-likeness (QED) is 0.706. The molecule has 1 aliphatic heterocycles. The number of carbonyl (C=O) groups is 1. The molecule has 17 heavy (non-hydrogen) atoms. The Kier molecular flexibility index (Phi) is 6.39. The minimum atomic E-state index is -3.57. The van der Waals surface area contributed by atoms with Crippen LogP contribution in [0.4, 0.5) is 0 Å². The van der Waals surface area contributed by atoms with E-state index in [0.29, 0.717) is 6.54 Å². The summed E-state index contributed by atoms with van der Waals surface area (Å²) in [4.78, 5) is 12.8. The maximum Gasteiger partial charge on any atom is 0.241 e. The van der Waals surface area contributed by atoms with Gasteiger partial charge < -0.3 is 10.2 Å². The van der Waals surface area contributed by atoms with E-state index in [1.165, 1.54) is 11.8 Å². The summed E-state index contributed by atoms with van der Waals surface area (Å²) < 4.78 is 26.2. The zero-order valence-corrected chi connectivity index (χ0v) is 11.9. The van der Waals surface area contributed by atoms with Crippen molar-refractivity contribution in [3.05, 3.63) is 0 Å². The number of nitrogens with one attached hydrogen (secondary N) is 2. The number of amides is 1. The molecular formula is C9H20ClN3O3S. The number of sulfonamides is 1. The van der Waals surface area contributed by atoms with E-state index in [-0.39, 0.29) is 18.4 Å². The van der Waals surface area contributed by atoms with Crippen molar-refractivity contribution in [3.8, 4) is 0 Å². The van der Waals surface area contributed by atoms with Gasteiger partial charge in [-0.2, -0.15) is 0 Å². The molecule has 8 heteroatoms. The second-order valence-corrected chi connectivity index (χ2v) is 6.26. The number of halogens is 1. The fourth-order valence-corrected chi connectivity index (χ4v) is 2.93. The summed E-state index contributed by atoms with van der Waals surface area (Å²) in [5.41, 5.74) is 0. The molecule has 0 aromatic rings. The molecule has 0 spiro atoms. The van der Waals surface area contributed by atoms with E-state index >= 15 is 0 Å². The highest BCUT2D eigenvalue weighted by atomic mass is 35.5.